The molecule has 1 aromatic carbocycles. The van der Waals surface area contributed by atoms with Gasteiger partial charge in [0, 0.05) is 31.4 Å². The average Bonchev–Trinajstić information content (AvgIpc) is 2.40. The van der Waals surface area contributed by atoms with Crippen molar-refractivity contribution in [1.29, 1.82) is 0 Å². The first-order chi connectivity index (χ1) is 9.15. The molecule has 2 rings (SSSR count). The molecule has 0 aliphatic carbocycles. The van der Waals surface area contributed by atoms with E-state index in [-0.39, 0.29) is 0 Å². The molecule has 106 valence electrons. The minimum atomic E-state index is 0.667. The number of piperazine rings is 1. The lowest BCUT2D eigenvalue weighted by molar-refractivity contribution is 0.213. The fraction of sp³-hybridized carbons (Fsp3) is 0.625. The molecule has 1 aliphatic heterocycles. The van der Waals surface area contributed by atoms with Gasteiger partial charge in [-0.2, -0.15) is 0 Å². The van der Waals surface area contributed by atoms with Crippen LogP contribution in [0.3, 0.4) is 0 Å². The van der Waals surface area contributed by atoms with Gasteiger partial charge in [-0.15, -0.1) is 0 Å². The van der Waals surface area contributed by atoms with E-state index in [2.05, 4.69) is 48.9 Å². The largest absolute Gasteiger partial charge is 0.368 e. The SMILES string of the molecule is CCC1CN(c2ccc(C)cc2CCN)CCN1C. The molecular formula is C16H27N3. The quantitative estimate of drug-likeness (QED) is 0.900. The molecule has 0 amide bonds. The van der Waals surface area contributed by atoms with Gasteiger partial charge in [0.2, 0.25) is 0 Å². The normalized spacial score (nSPS) is 20.8. The Morgan fingerprint density at radius 3 is 2.79 bits per heavy atom. The molecule has 0 aromatic heterocycles. The highest BCUT2D eigenvalue weighted by molar-refractivity contribution is 5.55. The molecule has 19 heavy (non-hydrogen) atoms. The molecule has 1 aromatic rings. The molecule has 1 heterocycles. The van der Waals surface area contributed by atoms with Crippen LogP contribution in [0.5, 0.6) is 0 Å². The van der Waals surface area contributed by atoms with Crippen molar-refractivity contribution in [1.82, 2.24) is 4.90 Å². The molecule has 1 fully saturated rings. The number of anilines is 1. The number of nitrogens with two attached hydrogens (primary N) is 1. The van der Waals surface area contributed by atoms with E-state index in [1.54, 1.807) is 0 Å². The third-order valence-corrected chi connectivity index (χ3v) is 4.24. The van der Waals surface area contributed by atoms with Crippen LogP contribution >= 0.6 is 0 Å². The Bertz CT molecular complexity index is 416. The molecule has 0 saturated carbocycles. The van der Waals surface area contributed by atoms with Crippen molar-refractivity contribution in [2.75, 3.05) is 38.1 Å². The zero-order valence-electron chi connectivity index (χ0n) is 12.5. The Kier molecular flexibility index (Phi) is 4.83. The highest BCUT2D eigenvalue weighted by Crippen LogP contribution is 2.25. The fourth-order valence-electron chi connectivity index (χ4n) is 2.98. The number of nitrogens with zero attached hydrogens (tertiary/aromatic N) is 2. The van der Waals surface area contributed by atoms with Gasteiger partial charge < -0.3 is 10.6 Å². The number of hydrogen-bond donors (Lipinski definition) is 1. The van der Waals surface area contributed by atoms with E-state index >= 15 is 0 Å². The van der Waals surface area contributed by atoms with Crippen LogP contribution in [0.1, 0.15) is 24.5 Å². The maximum atomic E-state index is 5.76. The molecule has 0 bridgehead atoms. The van der Waals surface area contributed by atoms with Crippen molar-refractivity contribution in [2.45, 2.75) is 32.7 Å². The van der Waals surface area contributed by atoms with Crippen molar-refractivity contribution < 1.29 is 0 Å². The Morgan fingerprint density at radius 2 is 2.11 bits per heavy atom. The van der Waals surface area contributed by atoms with Crippen LogP contribution in [-0.4, -0.2) is 44.2 Å². The first-order valence-electron chi connectivity index (χ1n) is 7.40. The number of hydrogen-bond acceptors (Lipinski definition) is 3. The summed E-state index contributed by atoms with van der Waals surface area (Å²) in [6, 6.07) is 7.45. The molecule has 3 nitrogen and oxygen atoms in total. The van der Waals surface area contributed by atoms with Crippen LogP contribution in [-0.2, 0) is 6.42 Å². The van der Waals surface area contributed by atoms with Crippen molar-refractivity contribution >= 4 is 5.69 Å². The average molecular weight is 261 g/mol. The third kappa shape index (κ3) is 3.28. The van der Waals surface area contributed by atoms with Crippen molar-refractivity contribution in [3.8, 4) is 0 Å². The second-order valence-corrected chi connectivity index (χ2v) is 5.66. The highest BCUT2D eigenvalue weighted by atomic mass is 15.3. The fourth-order valence-corrected chi connectivity index (χ4v) is 2.98. The zero-order chi connectivity index (χ0) is 13.8. The maximum absolute atomic E-state index is 5.76. The van der Waals surface area contributed by atoms with E-state index in [9.17, 15) is 0 Å². The van der Waals surface area contributed by atoms with Crippen LogP contribution in [0.25, 0.3) is 0 Å². The van der Waals surface area contributed by atoms with Gasteiger partial charge >= 0.3 is 0 Å². The Morgan fingerprint density at radius 1 is 1.32 bits per heavy atom. The molecule has 0 spiro atoms. The van der Waals surface area contributed by atoms with E-state index in [1.807, 2.05) is 0 Å². The van der Waals surface area contributed by atoms with E-state index in [0.717, 1.165) is 32.6 Å². The molecule has 1 saturated heterocycles. The van der Waals surface area contributed by atoms with E-state index in [1.165, 1.54) is 23.2 Å². The minimum Gasteiger partial charge on any atom is -0.368 e. The predicted octanol–water partition coefficient (Wildman–Crippen LogP) is 2.03. The summed E-state index contributed by atoms with van der Waals surface area (Å²) in [7, 11) is 2.24. The first-order valence-corrected chi connectivity index (χ1v) is 7.40. The van der Waals surface area contributed by atoms with Crippen molar-refractivity contribution in [3.63, 3.8) is 0 Å². The van der Waals surface area contributed by atoms with E-state index < -0.39 is 0 Å². The number of aryl methyl sites for hydroxylation is 1. The van der Waals surface area contributed by atoms with Crippen molar-refractivity contribution in [3.05, 3.63) is 29.3 Å². The highest BCUT2D eigenvalue weighted by Gasteiger charge is 2.24. The molecule has 1 aliphatic rings. The summed E-state index contributed by atoms with van der Waals surface area (Å²) >= 11 is 0. The molecule has 1 unspecified atom stereocenters. The summed E-state index contributed by atoms with van der Waals surface area (Å²) in [6.07, 6.45) is 2.19. The summed E-state index contributed by atoms with van der Waals surface area (Å²) in [5, 5.41) is 0. The summed E-state index contributed by atoms with van der Waals surface area (Å²) in [4.78, 5) is 5.02. The van der Waals surface area contributed by atoms with Gasteiger partial charge in [-0.25, -0.2) is 0 Å². The smallest absolute Gasteiger partial charge is 0.0400 e. The van der Waals surface area contributed by atoms with Gasteiger partial charge in [0.05, 0.1) is 0 Å². The predicted molar refractivity (Wildman–Crippen MR) is 82.9 cm³/mol. The van der Waals surface area contributed by atoms with Gasteiger partial charge in [0.15, 0.2) is 0 Å². The van der Waals surface area contributed by atoms with Crippen LogP contribution < -0.4 is 10.6 Å². The van der Waals surface area contributed by atoms with Gasteiger partial charge in [0.1, 0.15) is 0 Å². The van der Waals surface area contributed by atoms with Crippen LogP contribution in [0.4, 0.5) is 5.69 Å². The van der Waals surface area contributed by atoms with Crippen LogP contribution in [0, 0.1) is 6.92 Å². The molecular weight excluding hydrogens is 234 g/mol. The molecule has 1 atom stereocenters. The lowest BCUT2D eigenvalue weighted by Gasteiger charge is -2.41. The Labute approximate surface area is 117 Å². The Hall–Kier alpha value is -1.06. The van der Waals surface area contributed by atoms with Gasteiger partial charge in [-0.05, 0) is 45.0 Å². The topological polar surface area (TPSA) is 32.5 Å². The monoisotopic (exact) mass is 261 g/mol. The number of benzene rings is 1. The standard InChI is InChI=1S/C16H27N3/c1-4-15-12-19(10-9-18(15)3)16-6-5-13(2)11-14(16)7-8-17/h5-6,11,15H,4,7-10,12,17H2,1-3H3. The third-order valence-electron chi connectivity index (χ3n) is 4.24. The van der Waals surface area contributed by atoms with E-state index in [0.29, 0.717) is 6.04 Å². The zero-order valence-corrected chi connectivity index (χ0v) is 12.5. The summed E-state index contributed by atoms with van der Waals surface area (Å²) in [5.41, 5.74) is 9.88. The van der Waals surface area contributed by atoms with E-state index in [4.69, 9.17) is 5.73 Å². The lowest BCUT2D eigenvalue weighted by atomic mass is 10.0. The Balaban J connectivity index is 2.21. The van der Waals surface area contributed by atoms with Gasteiger partial charge in [-0.3, -0.25) is 4.90 Å². The number of likely N-dealkylation sites (N-methyl/N-ethyl adjacent to an activating group) is 1. The van der Waals surface area contributed by atoms with Crippen LogP contribution in [0.15, 0.2) is 18.2 Å². The maximum Gasteiger partial charge on any atom is 0.0400 e. The minimum absolute atomic E-state index is 0.667. The summed E-state index contributed by atoms with van der Waals surface area (Å²) in [5.74, 6) is 0. The van der Waals surface area contributed by atoms with Gasteiger partial charge in [-0.1, -0.05) is 24.6 Å². The summed E-state index contributed by atoms with van der Waals surface area (Å²) in [6.45, 7) is 8.56. The second-order valence-electron chi connectivity index (χ2n) is 5.66. The molecule has 0 radical (unpaired) electrons. The first kappa shape index (κ1) is 14.4. The lowest BCUT2D eigenvalue weighted by Crippen LogP contribution is -2.51. The summed E-state index contributed by atoms with van der Waals surface area (Å²) < 4.78 is 0. The van der Waals surface area contributed by atoms with Crippen molar-refractivity contribution in [2.24, 2.45) is 5.73 Å². The molecule has 3 heteroatoms. The number of rotatable bonds is 4. The van der Waals surface area contributed by atoms with Crippen LogP contribution in [0.2, 0.25) is 0 Å². The molecule has 2 N–H and O–H groups in total. The second kappa shape index (κ2) is 6.40. The van der Waals surface area contributed by atoms with Gasteiger partial charge in [0.25, 0.3) is 0 Å².